The van der Waals surface area contributed by atoms with E-state index in [9.17, 15) is 9.90 Å². The number of fused-ring (bicyclic) bond motifs is 3. The summed E-state index contributed by atoms with van der Waals surface area (Å²) in [6, 6.07) is 2.84. The zero-order chi connectivity index (χ0) is 24.3. The van der Waals surface area contributed by atoms with Crippen LogP contribution in [0.1, 0.15) is 12.0 Å². The predicted molar refractivity (Wildman–Crippen MR) is 126 cm³/mol. The summed E-state index contributed by atoms with van der Waals surface area (Å²) in [6.07, 6.45) is 2.13. The van der Waals surface area contributed by atoms with Gasteiger partial charge in [-0.25, -0.2) is 19.2 Å². The molecule has 3 aliphatic rings. The van der Waals surface area contributed by atoms with Gasteiger partial charge in [0, 0.05) is 41.4 Å². The summed E-state index contributed by atoms with van der Waals surface area (Å²) in [5.41, 5.74) is 8.45. The highest BCUT2D eigenvalue weighted by Crippen LogP contribution is 2.41. The number of aromatic nitrogens is 2. The normalized spacial score (nSPS) is 22.9. The Morgan fingerprint density at radius 2 is 2.09 bits per heavy atom. The third-order valence-corrected chi connectivity index (χ3v) is 7.01. The lowest BCUT2D eigenvalue weighted by atomic mass is 9.96. The number of carboxylic acid groups (broad SMARTS) is 1. The molecule has 6 rings (SSSR count). The van der Waals surface area contributed by atoms with Gasteiger partial charge in [-0.3, -0.25) is 4.90 Å². The number of nitrogen functional groups attached to an aromatic ring is 1. The molecule has 1 aromatic carbocycles. The number of nitrogens with two attached hydrogens (primary N) is 1. The first kappa shape index (κ1) is 21.8. The second-order valence-electron chi connectivity index (χ2n) is 8.91. The lowest BCUT2D eigenvalue weighted by Crippen LogP contribution is -2.44. The number of nitrogens with one attached hydrogen (secondary N) is 1. The van der Waals surface area contributed by atoms with Crippen molar-refractivity contribution in [3.05, 3.63) is 35.9 Å². The summed E-state index contributed by atoms with van der Waals surface area (Å²) >= 11 is 0. The summed E-state index contributed by atoms with van der Waals surface area (Å²) in [5, 5.41) is 14.3. The number of nitrogens with zero attached hydrogens (tertiary/aromatic N) is 3. The monoisotopic (exact) mass is 481 g/mol. The lowest BCUT2D eigenvalue weighted by Gasteiger charge is -2.27. The Kier molecular flexibility index (Phi) is 5.11. The van der Waals surface area contributed by atoms with Crippen LogP contribution in [0, 0.1) is 18.7 Å². The van der Waals surface area contributed by atoms with Crippen LogP contribution in [-0.4, -0.2) is 59.9 Å². The number of hydrogen-bond donors (Lipinski definition) is 3. The first-order chi connectivity index (χ1) is 16.9. The third kappa shape index (κ3) is 3.41. The van der Waals surface area contributed by atoms with Gasteiger partial charge in [0.1, 0.15) is 18.1 Å². The molecule has 2 saturated heterocycles. The van der Waals surface area contributed by atoms with Crippen LogP contribution in [0.3, 0.4) is 0 Å². The molecule has 0 radical (unpaired) electrons. The van der Waals surface area contributed by atoms with Crippen LogP contribution in [0.2, 0.25) is 0 Å². The molecular weight excluding hydrogens is 457 g/mol. The zero-order valence-electron chi connectivity index (χ0n) is 19.0. The molecule has 182 valence electrons. The van der Waals surface area contributed by atoms with Crippen molar-refractivity contribution >= 4 is 34.1 Å². The van der Waals surface area contributed by atoms with Crippen molar-refractivity contribution in [3.63, 3.8) is 0 Å². The van der Waals surface area contributed by atoms with Crippen molar-refractivity contribution in [2.45, 2.75) is 25.7 Å². The van der Waals surface area contributed by atoms with E-state index < -0.39 is 24.2 Å². The van der Waals surface area contributed by atoms with Crippen molar-refractivity contribution in [1.29, 1.82) is 0 Å². The van der Waals surface area contributed by atoms with E-state index in [-0.39, 0.29) is 29.6 Å². The molecular formula is C24H24FN5O5. The first-order valence-corrected chi connectivity index (χ1v) is 11.4. The molecule has 0 spiro atoms. The van der Waals surface area contributed by atoms with Gasteiger partial charge in [-0.15, -0.1) is 0 Å². The van der Waals surface area contributed by atoms with E-state index in [0.717, 1.165) is 5.56 Å². The Labute approximate surface area is 199 Å². The predicted octanol–water partition coefficient (Wildman–Crippen LogP) is 3.38. The SMILES string of the molecule is Cc1c(-c2cc3cc(N(C(=O)O)C4COC5OCCC54)ncc3c(N)c2F)cnc2c1NCCO2. The number of carbonyl (C=O) groups is 1. The average molecular weight is 481 g/mol. The standard InChI is InChI=1S/C24H24FN5O5/c1-11-15(8-29-22-21(11)27-3-5-33-22)14-6-12-7-18(28-9-16(12)20(26)19(14)25)30(24(31)32)17-10-35-23-13(17)2-4-34-23/h6-9,13,17,23,27H,2-5,10,26H2,1H3,(H,31,32). The van der Waals surface area contributed by atoms with Gasteiger partial charge < -0.3 is 30.4 Å². The largest absolute Gasteiger partial charge is 0.474 e. The highest BCUT2D eigenvalue weighted by Gasteiger charge is 2.46. The molecule has 3 aliphatic heterocycles. The Bertz CT molecular complexity index is 1350. The van der Waals surface area contributed by atoms with Crippen LogP contribution in [0.5, 0.6) is 5.88 Å². The summed E-state index contributed by atoms with van der Waals surface area (Å²) in [4.78, 5) is 22.2. The molecule has 0 bridgehead atoms. The Hall–Kier alpha value is -3.70. The van der Waals surface area contributed by atoms with Gasteiger partial charge in [0.2, 0.25) is 5.88 Å². The molecule has 10 nitrogen and oxygen atoms in total. The maximum absolute atomic E-state index is 15.4. The van der Waals surface area contributed by atoms with Crippen molar-refractivity contribution < 1.29 is 28.5 Å². The van der Waals surface area contributed by atoms with E-state index in [1.54, 1.807) is 18.3 Å². The molecule has 11 heteroatoms. The van der Waals surface area contributed by atoms with E-state index >= 15 is 4.39 Å². The minimum absolute atomic E-state index is 0.0618. The Balaban J connectivity index is 1.46. The molecule has 3 unspecified atom stereocenters. The van der Waals surface area contributed by atoms with Crippen LogP contribution in [0.15, 0.2) is 24.5 Å². The molecule has 4 N–H and O–H groups in total. The highest BCUT2D eigenvalue weighted by atomic mass is 19.1. The number of halogens is 1. The van der Waals surface area contributed by atoms with Crippen molar-refractivity contribution in [2.24, 2.45) is 5.92 Å². The Morgan fingerprint density at radius 1 is 1.23 bits per heavy atom. The Morgan fingerprint density at radius 3 is 2.91 bits per heavy atom. The van der Waals surface area contributed by atoms with E-state index in [1.165, 1.54) is 11.1 Å². The maximum atomic E-state index is 15.4. The summed E-state index contributed by atoms with van der Waals surface area (Å²) in [6.45, 7) is 3.73. The topological polar surface area (TPSA) is 132 Å². The molecule has 5 heterocycles. The summed E-state index contributed by atoms with van der Waals surface area (Å²) in [5.74, 6) is 0.0388. The quantitative estimate of drug-likeness (QED) is 0.482. The molecule has 1 amide bonds. The third-order valence-electron chi connectivity index (χ3n) is 7.01. The minimum atomic E-state index is -1.14. The zero-order valence-corrected chi connectivity index (χ0v) is 19.0. The van der Waals surface area contributed by atoms with Gasteiger partial charge in [-0.2, -0.15) is 0 Å². The number of benzene rings is 1. The van der Waals surface area contributed by atoms with Gasteiger partial charge in [0.05, 0.1) is 24.9 Å². The number of hydrogen-bond acceptors (Lipinski definition) is 8. The fourth-order valence-corrected chi connectivity index (χ4v) is 5.22. The summed E-state index contributed by atoms with van der Waals surface area (Å²) < 4.78 is 32.2. The van der Waals surface area contributed by atoms with Crippen molar-refractivity contribution in [1.82, 2.24) is 9.97 Å². The van der Waals surface area contributed by atoms with Crippen LogP contribution in [-0.2, 0) is 9.47 Å². The van der Waals surface area contributed by atoms with Gasteiger partial charge >= 0.3 is 6.09 Å². The molecule has 2 aromatic heterocycles. The number of anilines is 3. The molecule has 0 saturated carbocycles. The number of ether oxygens (including phenoxy) is 3. The van der Waals surface area contributed by atoms with E-state index in [4.69, 9.17) is 19.9 Å². The van der Waals surface area contributed by atoms with Crippen molar-refractivity contribution in [3.8, 4) is 17.0 Å². The average Bonchev–Trinajstić information content (AvgIpc) is 3.47. The number of pyridine rings is 2. The summed E-state index contributed by atoms with van der Waals surface area (Å²) in [7, 11) is 0. The number of amides is 1. The van der Waals surface area contributed by atoms with Crippen LogP contribution >= 0.6 is 0 Å². The van der Waals surface area contributed by atoms with Crippen molar-refractivity contribution in [2.75, 3.05) is 42.3 Å². The lowest BCUT2D eigenvalue weighted by molar-refractivity contribution is -0.0905. The molecule has 0 aliphatic carbocycles. The second kappa shape index (κ2) is 8.21. The maximum Gasteiger partial charge on any atom is 0.413 e. The van der Waals surface area contributed by atoms with Crippen LogP contribution in [0.4, 0.5) is 26.4 Å². The first-order valence-electron chi connectivity index (χ1n) is 11.4. The van der Waals surface area contributed by atoms with Crippen LogP contribution < -0.4 is 20.7 Å². The van der Waals surface area contributed by atoms with E-state index in [0.29, 0.717) is 54.1 Å². The van der Waals surface area contributed by atoms with Crippen LogP contribution in [0.25, 0.3) is 21.9 Å². The van der Waals surface area contributed by atoms with E-state index in [1.807, 2.05) is 6.92 Å². The van der Waals surface area contributed by atoms with E-state index in [2.05, 4.69) is 15.3 Å². The fourth-order valence-electron chi connectivity index (χ4n) is 5.22. The van der Waals surface area contributed by atoms with Gasteiger partial charge in [0.15, 0.2) is 12.1 Å². The number of rotatable bonds is 3. The second-order valence-corrected chi connectivity index (χ2v) is 8.91. The molecule has 3 atom stereocenters. The molecule has 35 heavy (non-hydrogen) atoms. The smallest absolute Gasteiger partial charge is 0.413 e. The van der Waals surface area contributed by atoms with Gasteiger partial charge in [0.25, 0.3) is 0 Å². The van der Waals surface area contributed by atoms with Gasteiger partial charge in [-0.05, 0) is 36.4 Å². The van der Waals surface area contributed by atoms with Gasteiger partial charge in [-0.1, -0.05) is 0 Å². The fraction of sp³-hybridized carbons (Fsp3) is 0.375. The molecule has 3 aromatic rings. The minimum Gasteiger partial charge on any atom is -0.474 e. The molecule has 2 fully saturated rings. The highest BCUT2D eigenvalue weighted by molar-refractivity contribution is 5.99.